The predicted molar refractivity (Wildman–Crippen MR) is 78.6 cm³/mol. The second-order valence-corrected chi connectivity index (χ2v) is 6.11. The molecule has 1 fully saturated rings. The summed E-state index contributed by atoms with van der Waals surface area (Å²) in [5.74, 6) is -0.494. The van der Waals surface area contributed by atoms with Gasteiger partial charge in [-0.1, -0.05) is 13.8 Å². The number of hydrogen-bond acceptors (Lipinski definition) is 3. The van der Waals surface area contributed by atoms with Crippen molar-refractivity contribution in [3.05, 3.63) is 0 Å². The van der Waals surface area contributed by atoms with Gasteiger partial charge >= 0.3 is 12.0 Å². The van der Waals surface area contributed by atoms with E-state index in [0.717, 1.165) is 19.3 Å². The number of carbonyl (C=O) groups excluding carboxylic acids is 1. The van der Waals surface area contributed by atoms with Crippen LogP contribution in [-0.2, 0) is 4.79 Å². The summed E-state index contributed by atoms with van der Waals surface area (Å²) < 4.78 is 0. The highest BCUT2D eigenvalue weighted by molar-refractivity contribution is 5.75. The first-order valence-electron chi connectivity index (χ1n) is 7.57. The number of nitrogens with one attached hydrogen (secondary N) is 1. The van der Waals surface area contributed by atoms with E-state index < -0.39 is 5.97 Å². The lowest BCUT2D eigenvalue weighted by Crippen LogP contribution is -2.43. The van der Waals surface area contributed by atoms with Crippen LogP contribution in [0, 0.1) is 23.2 Å². The van der Waals surface area contributed by atoms with Crippen molar-refractivity contribution in [2.45, 2.75) is 52.0 Å². The number of hydrogen-bond donors (Lipinski definition) is 2. The summed E-state index contributed by atoms with van der Waals surface area (Å²) in [6.45, 7) is 4.90. The number of nitriles is 1. The number of carbonyl (C=O) groups is 2. The molecule has 1 atom stereocenters. The minimum absolute atomic E-state index is 0.0523. The molecule has 1 rings (SSSR count). The van der Waals surface area contributed by atoms with Gasteiger partial charge in [0.25, 0.3) is 0 Å². The van der Waals surface area contributed by atoms with E-state index in [-0.39, 0.29) is 24.4 Å². The Kier molecular flexibility index (Phi) is 7.00. The summed E-state index contributed by atoms with van der Waals surface area (Å²) in [4.78, 5) is 24.7. The number of urea groups is 1. The van der Waals surface area contributed by atoms with Crippen molar-refractivity contribution >= 4 is 12.0 Å². The van der Waals surface area contributed by atoms with Gasteiger partial charge in [0.15, 0.2) is 0 Å². The topological polar surface area (TPSA) is 93.4 Å². The van der Waals surface area contributed by atoms with E-state index in [4.69, 9.17) is 10.4 Å². The highest BCUT2D eigenvalue weighted by atomic mass is 16.4. The summed E-state index contributed by atoms with van der Waals surface area (Å²) in [7, 11) is 0. The van der Waals surface area contributed by atoms with Crippen LogP contribution in [0.15, 0.2) is 0 Å². The van der Waals surface area contributed by atoms with Crippen molar-refractivity contribution in [2.75, 3.05) is 13.1 Å². The van der Waals surface area contributed by atoms with Crippen molar-refractivity contribution in [1.29, 1.82) is 5.26 Å². The van der Waals surface area contributed by atoms with Crippen LogP contribution in [0.4, 0.5) is 4.79 Å². The Bertz CT molecular complexity index is 399. The third-order valence-electron chi connectivity index (χ3n) is 3.52. The van der Waals surface area contributed by atoms with Gasteiger partial charge in [-0.3, -0.25) is 4.79 Å². The summed E-state index contributed by atoms with van der Waals surface area (Å²) in [6.07, 6.45) is 3.15. The van der Waals surface area contributed by atoms with Gasteiger partial charge in [-0.05, 0) is 31.1 Å². The lowest BCUT2D eigenvalue weighted by Gasteiger charge is -2.24. The van der Waals surface area contributed by atoms with Gasteiger partial charge in [0.05, 0.1) is 12.5 Å². The number of carboxylic acid groups (broad SMARTS) is 1. The molecule has 0 radical (unpaired) electrons. The number of carboxylic acids is 1. The van der Waals surface area contributed by atoms with Gasteiger partial charge in [0.2, 0.25) is 0 Å². The molecule has 1 unspecified atom stereocenters. The van der Waals surface area contributed by atoms with Crippen molar-refractivity contribution in [3.63, 3.8) is 0 Å². The summed E-state index contributed by atoms with van der Waals surface area (Å²) in [5, 5.41) is 20.4. The first-order valence-corrected chi connectivity index (χ1v) is 7.57. The van der Waals surface area contributed by atoms with Gasteiger partial charge in [0.1, 0.15) is 0 Å². The first-order chi connectivity index (χ1) is 9.93. The number of amides is 2. The number of rotatable bonds is 9. The maximum absolute atomic E-state index is 12.2. The van der Waals surface area contributed by atoms with E-state index in [0.29, 0.717) is 25.4 Å². The lowest BCUT2D eigenvalue weighted by molar-refractivity contribution is -0.138. The molecule has 1 aliphatic rings. The monoisotopic (exact) mass is 295 g/mol. The molecule has 0 heterocycles. The molecule has 1 aliphatic carbocycles. The van der Waals surface area contributed by atoms with E-state index in [1.165, 1.54) is 0 Å². The molecular weight excluding hydrogens is 270 g/mol. The third-order valence-corrected chi connectivity index (χ3v) is 3.52. The normalized spacial score (nSPS) is 15.3. The Hall–Kier alpha value is -1.77. The largest absolute Gasteiger partial charge is 0.481 e. The Balaban J connectivity index is 2.46. The van der Waals surface area contributed by atoms with Crippen molar-refractivity contribution in [1.82, 2.24) is 10.2 Å². The average molecular weight is 295 g/mol. The minimum atomic E-state index is -0.835. The van der Waals surface area contributed by atoms with Crippen molar-refractivity contribution in [3.8, 4) is 6.07 Å². The van der Waals surface area contributed by atoms with Gasteiger partial charge in [-0.25, -0.2) is 4.79 Å². The van der Waals surface area contributed by atoms with Crippen molar-refractivity contribution in [2.24, 2.45) is 11.8 Å². The fourth-order valence-corrected chi connectivity index (χ4v) is 2.49. The van der Waals surface area contributed by atoms with E-state index in [1.54, 1.807) is 4.90 Å². The van der Waals surface area contributed by atoms with Crippen LogP contribution in [0.5, 0.6) is 0 Å². The molecule has 6 nitrogen and oxygen atoms in total. The fourth-order valence-electron chi connectivity index (χ4n) is 2.49. The standard InChI is InChI=1S/C15H25N3O3/c1-11(2)8-12(9-14(19)20)10-17-15(21)18(7-3-6-16)13-4-5-13/h11-13H,3-5,7-10H2,1-2H3,(H,17,21)(H,19,20). The molecule has 0 bridgehead atoms. The van der Waals surface area contributed by atoms with Crippen LogP contribution < -0.4 is 5.32 Å². The molecule has 0 aliphatic heterocycles. The van der Waals surface area contributed by atoms with Crippen LogP contribution in [0.1, 0.15) is 46.0 Å². The second-order valence-electron chi connectivity index (χ2n) is 6.11. The smallest absolute Gasteiger partial charge is 0.317 e. The van der Waals surface area contributed by atoms with Gasteiger partial charge in [0, 0.05) is 25.6 Å². The summed E-state index contributed by atoms with van der Waals surface area (Å²) in [5.41, 5.74) is 0. The first kappa shape index (κ1) is 17.3. The Morgan fingerprint density at radius 2 is 2.10 bits per heavy atom. The molecule has 118 valence electrons. The fraction of sp³-hybridized carbons (Fsp3) is 0.800. The molecule has 0 spiro atoms. The Labute approximate surface area is 126 Å². The molecule has 0 aromatic heterocycles. The number of aliphatic carboxylic acids is 1. The SMILES string of the molecule is CC(C)CC(CNC(=O)N(CCC#N)C1CC1)CC(=O)O. The maximum atomic E-state index is 12.2. The number of nitrogens with zero attached hydrogens (tertiary/aromatic N) is 2. The molecule has 0 aromatic carbocycles. The Morgan fingerprint density at radius 1 is 1.43 bits per heavy atom. The minimum Gasteiger partial charge on any atom is -0.481 e. The highest BCUT2D eigenvalue weighted by Gasteiger charge is 2.32. The Morgan fingerprint density at radius 3 is 2.57 bits per heavy atom. The lowest BCUT2D eigenvalue weighted by atomic mass is 9.94. The van der Waals surface area contributed by atoms with E-state index >= 15 is 0 Å². The zero-order valence-corrected chi connectivity index (χ0v) is 12.8. The molecule has 0 saturated heterocycles. The van der Waals surface area contributed by atoms with E-state index in [2.05, 4.69) is 11.4 Å². The molecule has 21 heavy (non-hydrogen) atoms. The summed E-state index contributed by atoms with van der Waals surface area (Å²) in [6, 6.07) is 2.13. The third kappa shape index (κ3) is 6.98. The highest BCUT2D eigenvalue weighted by Crippen LogP contribution is 2.27. The predicted octanol–water partition coefficient (Wildman–Crippen LogP) is 2.21. The second kappa shape index (κ2) is 8.50. The van der Waals surface area contributed by atoms with Gasteiger partial charge < -0.3 is 15.3 Å². The van der Waals surface area contributed by atoms with Gasteiger partial charge in [-0.2, -0.15) is 5.26 Å². The van der Waals surface area contributed by atoms with Crippen LogP contribution in [0.2, 0.25) is 0 Å². The molecule has 1 saturated carbocycles. The van der Waals surface area contributed by atoms with Gasteiger partial charge in [-0.15, -0.1) is 0 Å². The average Bonchev–Trinajstić information content (AvgIpc) is 3.19. The van der Waals surface area contributed by atoms with E-state index in [1.807, 2.05) is 13.8 Å². The molecule has 2 N–H and O–H groups in total. The van der Waals surface area contributed by atoms with E-state index in [9.17, 15) is 9.59 Å². The van der Waals surface area contributed by atoms with Crippen LogP contribution in [-0.4, -0.2) is 41.1 Å². The quantitative estimate of drug-likeness (QED) is 0.682. The zero-order valence-electron chi connectivity index (χ0n) is 12.8. The molecule has 2 amide bonds. The summed E-state index contributed by atoms with van der Waals surface area (Å²) >= 11 is 0. The van der Waals surface area contributed by atoms with Crippen molar-refractivity contribution < 1.29 is 14.7 Å². The zero-order chi connectivity index (χ0) is 15.8. The molecule has 0 aromatic rings. The van der Waals surface area contributed by atoms with Crippen LogP contribution >= 0.6 is 0 Å². The van der Waals surface area contributed by atoms with Crippen LogP contribution in [0.25, 0.3) is 0 Å². The maximum Gasteiger partial charge on any atom is 0.317 e. The molecular formula is C15H25N3O3. The van der Waals surface area contributed by atoms with Crippen LogP contribution in [0.3, 0.4) is 0 Å². The molecule has 6 heteroatoms.